The second kappa shape index (κ2) is 7.08. The summed E-state index contributed by atoms with van der Waals surface area (Å²) in [5.41, 5.74) is 0.402. The molecule has 6 heteroatoms. The second-order valence-electron chi connectivity index (χ2n) is 5.38. The van der Waals surface area contributed by atoms with Gasteiger partial charge in [0.15, 0.2) is 5.75 Å². The normalized spacial score (nSPS) is 21.6. The highest BCUT2D eigenvalue weighted by Gasteiger charge is 2.26. The third-order valence-corrected chi connectivity index (χ3v) is 4.01. The van der Waals surface area contributed by atoms with Crippen LogP contribution in [0.25, 0.3) is 0 Å². The monoisotopic (exact) mass is 292 g/mol. The number of benzene rings is 1. The predicted molar refractivity (Wildman–Crippen MR) is 76.7 cm³/mol. The lowest BCUT2D eigenvalue weighted by Crippen LogP contribution is -2.32. The molecule has 4 N–H and O–H groups in total. The van der Waals surface area contributed by atoms with E-state index >= 15 is 0 Å². The van der Waals surface area contributed by atoms with E-state index in [1.165, 1.54) is 0 Å². The Morgan fingerprint density at radius 2 is 1.90 bits per heavy atom. The zero-order valence-electron chi connectivity index (χ0n) is 11.7. The molecule has 1 aliphatic carbocycles. The molecule has 114 valence electrons. The molecule has 0 atom stereocenters. The van der Waals surface area contributed by atoms with Gasteiger partial charge in [-0.3, -0.25) is 9.59 Å². The number of aliphatic carboxylic acids is 1. The highest BCUT2D eigenvalue weighted by Crippen LogP contribution is 2.28. The SMILES string of the molecule is NOc1ccccc1C(=O)NCC1CCC(C(=O)O)CC1. The van der Waals surface area contributed by atoms with Gasteiger partial charge in [0.05, 0.1) is 11.5 Å². The van der Waals surface area contributed by atoms with Crippen LogP contribution in [-0.2, 0) is 4.79 Å². The predicted octanol–water partition coefficient (Wildman–Crippen LogP) is 1.56. The Labute approximate surface area is 123 Å². The van der Waals surface area contributed by atoms with Gasteiger partial charge in [-0.25, -0.2) is 0 Å². The first kappa shape index (κ1) is 15.3. The highest BCUT2D eigenvalue weighted by atomic mass is 16.6. The molecule has 0 saturated heterocycles. The number of carboxylic acid groups (broad SMARTS) is 1. The molecule has 0 heterocycles. The first-order valence-electron chi connectivity index (χ1n) is 7.08. The maximum absolute atomic E-state index is 12.1. The van der Waals surface area contributed by atoms with Crippen molar-refractivity contribution < 1.29 is 19.5 Å². The van der Waals surface area contributed by atoms with Crippen molar-refractivity contribution in [1.82, 2.24) is 5.32 Å². The lowest BCUT2D eigenvalue weighted by Gasteiger charge is -2.26. The van der Waals surface area contributed by atoms with Crippen LogP contribution in [0.1, 0.15) is 36.0 Å². The van der Waals surface area contributed by atoms with Gasteiger partial charge in [-0.15, -0.1) is 0 Å². The fourth-order valence-electron chi connectivity index (χ4n) is 2.70. The smallest absolute Gasteiger partial charge is 0.306 e. The maximum Gasteiger partial charge on any atom is 0.306 e. The molecule has 1 fully saturated rings. The molecule has 0 spiro atoms. The highest BCUT2D eigenvalue weighted by molar-refractivity contribution is 5.96. The van der Waals surface area contributed by atoms with Crippen LogP contribution in [0.15, 0.2) is 24.3 Å². The number of hydrogen-bond acceptors (Lipinski definition) is 4. The third kappa shape index (κ3) is 3.95. The number of carbonyl (C=O) groups excluding carboxylic acids is 1. The van der Waals surface area contributed by atoms with E-state index in [-0.39, 0.29) is 11.8 Å². The van der Waals surface area contributed by atoms with Crippen LogP contribution in [0.3, 0.4) is 0 Å². The molecule has 1 aromatic carbocycles. The zero-order valence-corrected chi connectivity index (χ0v) is 11.7. The minimum absolute atomic E-state index is 0.226. The maximum atomic E-state index is 12.1. The van der Waals surface area contributed by atoms with E-state index in [2.05, 4.69) is 10.2 Å². The Morgan fingerprint density at radius 3 is 2.52 bits per heavy atom. The Morgan fingerprint density at radius 1 is 1.24 bits per heavy atom. The average Bonchev–Trinajstić information content (AvgIpc) is 2.52. The number of carboxylic acids is 1. The number of para-hydroxylation sites is 1. The third-order valence-electron chi connectivity index (χ3n) is 4.01. The summed E-state index contributed by atoms with van der Waals surface area (Å²) in [6.45, 7) is 0.546. The molecule has 1 aliphatic rings. The Bertz CT molecular complexity index is 510. The number of amides is 1. The largest absolute Gasteiger partial charge is 0.481 e. The van der Waals surface area contributed by atoms with Gasteiger partial charge in [-0.05, 0) is 43.7 Å². The summed E-state index contributed by atoms with van der Waals surface area (Å²) in [5.74, 6) is 4.63. The molecule has 1 saturated carbocycles. The molecule has 1 amide bonds. The van der Waals surface area contributed by atoms with Crippen molar-refractivity contribution in [1.29, 1.82) is 0 Å². The van der Waals surface area contributed by atoms with Crippen LogP contribution in [0.2, 0.25) is 0 Å². The molecule has 2 rings (SSSR count). The fraction of sp³-hybridized carbons (Fsp3) is 0.467. The number of carbonyl (C=O) groups is 2. The quantitative estimate of drug-likeness (QED) is 0.715. The van der Waals surface area contributed by atoms with Crippen LogP contribution in [0, 0.1) is 11.8 Å². The molecule has 21 heavy (non-hydrogen) atoms. The van der Waals surface area contributed by atoms with Crippen molar-refractivity contribution in [3.8, 4) is 5.75 Å². The van der Waals surface area contributed by atoms with E-state index in [1.54, 1.807) is 24.3 Å². The molecule has 1 aromatic rings. The lowest BCUT2D eigenvalue weighted by molar-refractivity contribution is -0.143. The van der Waals surface area contributed by atoms with Gasteiger partial charge >= 0.3 is 5.97 Å². The van der Waals surface area contributed by atoms with E-state index in [0.29, 0.717) is 36.6 Å². The number of nitrogens with two attached hydrogens (primary N) is 1. The summed E-state index contributed by atoms with van der Waals surface area (Å²) in [5, 5.41) is 11.8. The van der Waals surface area contributed by atoms with Gasteiger partial charge in [-0.1, -0.05) is 12.1 Å². The minimum Gasteiger partial charge on any atom is -0.481 e. The van der Waals surface area contributed by atoms with Crippen LogP contribution < -0.4 is 16.1 Å². The fourth-order valence-corrected chi connectivity index (χ4v) is 2.70. The summed E-state index contributed by atoms with van der Waals surface area (Å²) in [6.07, 6.45) is 3.01. The van der Waals surface area contributed by atoms with Crippen LogP contribution in [-0.4, -0.2) is 23.5 Å². The molecular weight excluding hydrogens is 272 g/mol. The number of rotatable bonds is 5. The zero-order chi connectivity index (χ0) is 15.2. The van der Waals surface area contributed by atoms with Gasteiger partial charge in [0.25, 0.3) is 5.91 Å². The lowest BCUT2D eigenvalue weighted by atomic mass is 9.82. The molecule has 0 aliphatic heterocycles. The van der Waals surface area contributed by atoms with Crippen LogP contribution >= 0.6 is 0 Å². The number of hydrogen-bond donors (Lipinski definition) is 3. The van der Waals surface area contributed by atoms with Gasteiger partial charge < -0.3 is 15.3 Å². The second-order valence-corrected chi connectivity index (χ2v) is 5.38. The molecule has 0 radical (unpaired) electrons. The van der Waals surface area contributed by atoms with Gasteiger partial charge in [0, 0.05) is 6.54 Å². The molecule has 0 bridgehead atoms. The average molecular weight is 292 g/mol. The Hall–Kier alpha value is -2.08. The van der Waals surface area contributed by atoms with Crippen molar-refractivity contribution in [3.05, 3.63) is 29.8 Å². The standard InChI is InChI=1S/C15H20N2O4/c16-21-13-4-2-1-3-12(13)14(18)17-9-10-5-7-11(8-6-10)15(19)20/h1-4,10-11H,5-9,16H2,(H,17,18)(H,19,20). The van der Waals surface area contributed by atoms with E-state index < -0.39 is 5.97 Å². The Balaban J connectivity index is 1.84. The summed E-state index contributed by atoms with van der Waals surface area (Å²) >= 11 is 0. The van der Waals surface area contributed by atoms with Crippen molar-refractivity contribution in [2.45, 2.75) is 25.7 Å². The van der Waals surface area contributed by atoms with E-state index in [4.69, 9.17) is 11.0 Å². The van der Waals surface area contributed by atoms with Crippen LogP contribution in [0.4, 0.5) is 0 Å². The van der Waals surface area contributed by atoms with E-state index in [0.717, 1.165) is 12.8 Å². The summed E-state index contributed by atoms with van der Waals surface area (Å²) in [4.78, 5) is 27.7. The van der Waals surface area contributed by atoms with Crippen LogP contribution in [0.5, 0.6) is 5.75 Å². The summed E-state index contributed by atoms with van der Waals surface area (Å²) in [7, 11) is 0. The minimum atomic E-state index is -0.716. The molecular formula is C15H20N2O4. The topological polar surface area (TPSA) is 102 Å². The summed E-state index contributed by atoms with van der Waals surface area (Å²) in [6, 6.07) is 6.77. The number of nitrogens with one attached hydrogen (secondary N) is 1. The van der Waals surface area contributed by atoms with Gasteiger partial charge in [-0.2, -0.15) is 5.90 Å². The van der Waals surface area contributed by atoms with E-state index in [9.17, 15) is 9.59 Å². The molecule has 0 unspecified atom stereocenters. The van der Waals surface area contributed by atoms with E-state index in [1.807, 2.05) is 0 Å². The van der Waals surface area contributed by atoms with Gasteiger partial charge in [0.1, 0.15) is 0 Å². The van der Waals surface area contributed by atoms with Crippen molar-refractivity contribution in [2.75, 3.05) is 6.54 Å². The summed E-state index contributed by atoms with van der Waals surface area (Å²) < 4.78 is 0. The first-order valence-corrected chi connectivity index (χ1v) is 7.08. The molecule has 0 aromatic heterocycles. The van der Waals surface area contributed by atoms with Crippen molar-refractivity contribution in [2.24, 2.45) is 17.7 Å². The van der Waals surface area contributed by atoms with Crippen molar-refractivity contribution >= 4 is 11.9 Å². The Kier molecular flexibility index (Phi) is 5.16. The van der Waals surface area contributed by atoms with Gasteiger partial charge in [0.2, 0.25) is 0 Å². The molecule has 6 nitrogen and oxygen atoms in total. The van der Waals surface area contributed by atoms with Crippen molar-refractivity contribution in [3.63, 3.8) is 0 Å². The first-order chi connectivity index (χ1) is 10.1.